The molecule has 0 amide bonds. The maximum atomic E-state index is 12.9. The molecule has 0 N–H and O–H groups in total. The van der Waals surface area contributed by atoms with Gasteiger partial charge in [0.25, 0.3) is 0 Å². The zero-order chi connectivity index (χ0) is 36.1. The average molecular weight is 748 g/mol. The molecule has 1 aliphatic heterocycles. The zero-order valence-electron chi connectivity index (χ0n) is 33.7. The highest BCUT2D eigenvalue weighted by Crippen LogP contribution is 2.45. The molecule has 0 saturated carbocycles. The van der Waals surface area contributed by atoms with Crippen molar-refractivity contribution in [1.29, 1.82) is 0 Å². The van der Waals surface area contributed by atoms with Gasteiger partial charge in [-0.3, -0.25) is 4.79 Å². The van der Waals surface area contributed by atoms with Crippen molar-refractivity contribution in [2.24, 2.45) is 17.8 Å². The van der Waals surface area contributed by atoms with Gasteiger partial charge in [0.05, 0.1) is 0 Å². The summed E-state index contributed by atoms with van der Waals surface area (Å²) >= 11 is 3.52. The average Bonchev–Trinajstić information content (AvgIpc) is 3.05. The molecule has 0 radical (unpaired) electrons. The third-order valence-corrected chi connectivity index (χ3v) is 12.1. The molecule has 0 bridgehead atoms. The van der Waals surface area contributed by atoms with Crippen molar-refractivity contribution in [3.05, 3.63) is 22.3 Å². The van der Waals surface area contributed by atoms with E-state index in [-0.39, 0.29) is 11.6 Å². The summed E-state index contributed by atoms with van der Waals surface area (Å²) in [4.78, 5) is 12.9. The van der Waals surface area contributed by atoms with Gasteiger partial charge in [-0.2, -0.15) is 0 Å². The van der Waals surface area contributed by atoms with Crippen LogP contribution < -0.4 is 9.47 Å². The standard InChI is InChI=1S/C45H79BrO3/c1-35(2)25-22-26-36(3)27-23-28-37(4)29-24-32-45(8)33-31-41-40(7)43(38(5)39(6)44(41)49-45)48-42(47)30-20-18-16-14-12-10-9-11-13-15-17-19-21-34-46/h35-37H,9-34H2,1-8H3. The van der Waals surface area contributed by atoms with Crippen molar-refractivity contribution in [3.63, 3.8) is 0 Å². The first-order chi connectivity index (χ1) is 23.5. The molecular formula is C45H79BrO3. The second-order valence-corrected chi connectivity index (χ2v) is 17.7. The number of hydrogen-bond acceptors (Lipinski definition) is 3. The van der Waals surface area contributed by atoms with E-state index < -0.39 is 0 Å². The van der Waals surface area contributed by atoms with E-state index in [2.05, 4.69) is 71.3 Å². The zero-order valence-corrected chi connectivity index (χ0v) is 35.3. The van der Waals surface area contributed by atoms with E-state index in [1.165, 1.54) is 128 Å². The van der Waals surface area contributed by atoms with Crippen molar-refractivity contribution >= 4 is 21.9 Å². The largest absolute Gasteiger partial charge is 0.487 e. The van der Waals surface area contributed by atoms with Crippen LogP contribution in [0.3, 0.4) is 0 Å². The molecule has 3 nitrogen and oxygen atoms in total. The Balaban J connectivity index is 1.69. The van der Waals surface area contributed by atoms with Gasteiger partial charge >= 0.3 is 5.97 Å². The number of alkyl halides is 1. The number of unbranched alkanes of at least 4 members (excludes halogenated alkanes) is 12. The Hall–Kier alpha value is -1.03. The minimum Gasteiger partial charge on any atom is -0.487 e. The lowest BCUT2D eigenvalue weighted by Crippen LogP contribution is -2.37. The number of esters is 1. The fourth-order valence-electron chi connectivity index (χ4n) is 7.89. The van der Waals surface area contributed by atoms with Crippen molar-refractivity contribution in [2.45, 2.75) is 222 Å². The van der Waals surface area contributed by atoms with Gasteiger partial charge in [-0.25, -0.2) is 0 Å². The normalized spacial score (nSPS) is 17.2. The molecule has 1 aliphatic rings. The van der Waals surface area contributed by atoms with Crippen molar-refractivity contribution in [3.8, 4) is 11.5 Å². The van der Waals surface area contributed by atoms with Crippen LogP contribution in [0.2, 0.25) is 0 Å². The SMILES string of the molecule is Cc1c(C)c2c(c(C)c1OC(=O)CCCCCCCCCCCCCCCBr)CCC(C)(CCCC(C)CCCC(C)CCCC(C)C)O2. The van der Waals surface area contributed by atoms with Gasteiger partial charge in [-0.05, 0) is 101 Å². The summed E-state index contributed by atoms with van der Waals surface area (Å²) in [7, 11) is 0. The third-order valence-electron chi connectivity index (χ3n) is 11.6. The number of ether oxygens (including phenoxy) is 2. The number of fused-ring (bicyclic) bond motifs is 1. The molecule has 0 aromatic heterocycles. The summed E-state index contributed by atoms with van der Waals surface area (Å²) in [6.07, 6.45) is 31.3. The van der Waals surface area contributed by atoms with Crippen LogP contribution in [0.15, 0.2) is 0 Å². The van der Waals surface area contributed by atoms with Crippen LogP contribution in [0.25, 0.3) is 0 Å². The molecule has 0 fully saturated rings. The summed E-state index contributed by atoms with van der Waals surface area (Å²) in [6.45, 7) is 18.2. The molecule has 4 heteroatoms. The van der Waals surface area contributed by atoms with Crippen molar-refractivity contribution in [1.82, 2.24) is 0 Å². The Morgan fingerprint density at radius 1 is 0.673 bits per heavy atom. The highest BCUT2D eigenvalue weighted by atomic mass is 79.9. The van der Waals surface area contributed by atoms with Crippen LogP contribution in [0, 0.1) is 38.5 Å². The summed E-state index contributed by atoms with van der Waals surface area (Å²) in [5, 5.41) is 1.15. The number of benzene rings is 1. The lowest BCUT2D eigenvalue weighted by atomic mass is 9.83. The van der Waals surface area contributed by atoms with E-state index in [0.29, 0.717) is 6.42 Å². The number of carbonyl (C=O) groups excluding carboxylic acids is 1. The second-order valence-electron chi connectivity index (χ2n) is 16.9. The molecular weight excluding hydrogens is 668 g/mol. The van der Waals surface area contributed by atoms with Crippen molar-refractivity contribution in [2.75, 3.05) is 5.33 Å². The highest BCUT2D eigenvalue weighted by Gasteiger charge is 2.34. The van der Waals surface area contributed by atoms with E-state index in [0.717, 1.165) is 83.4 Å². The van der Waals surface area contributed by atoms with E-state index in [1.54, 1.807) is 0 Å². The Labute approximate surface area is 313 Å². The van der Waals surface area contributed by atoms with Crippen LogP contribution in [-0.2, 0) is 11.2 Å². The Morgan fingerprint density at radius 2 is 1.16 bits per heavy atom. The predicted octanol–water partition coefficient (Wildman–Crippen LogP) is 14.9. The summed E-state index contributed by atoms with van der Waals surface area (Å²) in [5.74, 6) is 4.23. The lowest BCUT2D eigenvalue weighted by Gasteiger charge is -2.38. The third kappa shape index (κ3) is 17.8. The summed E-state index contributed by atoms with van der Waals surface area (Å²) in [5.41, 5.74) is 4.42. The number of halogens is 1. The van der Waals surface area contributed by atoms with Crippen LogP contribution in [0.5, 0.6) is 11.5 Å². The molecule has 0 saturated heterocycles. The van der Waals surface area contributed by atoms with Gasteiger partial charge in [0.1, 0.15) is 17.1 Å². The monoisotopic (exact) mass is 747 g/mol. The molecule has 3 unspecified atom stereocenters. The van der Waals surface area contributed by atoms with Gasteiger partial charge in [0.15, 0.2) is 0 Å². The van der Waals surface area contributed by atoms with Gasteiger partial charge in [0.2, 0.25) is 0 Å². The van der Waals surface area contributed by atoms with Gasteiger partial charge in [0, 0.05) is 17.3 Å². The quantitative estimate of drug-likeness (QED) is 0.0371. The molecule has 49 heavy (non-hydrogen) atoms. The molecule has 284 valence electrons. The van der Waals surface area contributed by atoms with Crippen LogP contribution in [0.4, 0.5) is 0 Å². The molecule has 1 heterocycles. The van der Waals surface area contributed by atoms with Gasteiger partial charge < -0.3 is 9.47 Å². The van der Waals surface area contributed by atoms with E-state index >= 15 is 0 Å². The molecule has 0 aliphatic carbocycles. The van der Waals surface area contributed by atoms with E-state index in [4.69, 9.17) is 9.47 Å². The Morgan fingerprint density at radius 3 is 1.69 bits per heavy atom. The Bertz CT molecular complexity index is 1050. The maximum absolute atomic E-state index is 12.9. The predicted molar refractivity (Wildman–Crippen MR) is 217 cm³/mol. The number of hydrogen-bond donors (Lipinski definition) is 0. The molecule has 3 atom stereocenters. The van der Waals surface area contributed by atoms with Gasteiger partial charge in [-0.1, -0.05) is 159 Å². The van der Waals surface area contributed by atoms with E-state index in [1.807, 2.05) is 0 Å². The first-order valence-electron chi connectivity index (χ1n) is 21.1. The number of rotatable bonds is 28. The number of carbonyl (C=O) groups is 1. The van der Waals surface area contributed by atoms with Gasteiger partial charge in [-0.15, -0.1) is 0 Å². The first-order valence-corrected chi connectivity index (χ1v) is 22.2. The maximum Gasteiger partial charge on any atom is 0.311 e. The molecule has 2 rings (SSSR count). The molecule has 1 aromatic carbocycles. The topological polar surface area (TPSA) is 35.5 Å². The minimum atomic E-state index is -0.119. The summed E-state index contributed by atoms with van der Waals surface area (Å²) in [6, 6.07) is 0. The minimum absolute atomic E-state index is 0.0852. The molecule has 0 spiro atoms. The first kappa shape index (κ1) is 44.1. The van der Waals surface area contributed by atoms with Crippen LogP contribution >= 0.6 is 15.9 Å². The van der Waals surface area contributed by atoms with E-state index in [9.17, 15) is 4.79 Å². The molecule has 1 aromatic rings. The second kappa shape index (κ2) is 25.0. The summed E-state index contributed by atoms with van der Waals surface area (Å²) < 4.78 is 12.9. The fourth-order valence-corrected chi connectivity index (χ4v) is 8.28. The fraction of sp³-hybridized carbons (Fsp3) is 0.844. The van der Waals surface area contributed by atoms with Crippen LogP contribution in [-0.4, -0.2) is 16.9 Å². The Kier molecular flexibility index (Phi) is 22.5. The van der Waals surface area contributed by atoms with Crippen molar-refractivity contribution < 1.29 is 14.3 Å². The smallest absolute Gasteiger partial charge is 0.311 e. The lowest BCUT2D eigenvalue weighted by molar-refractivity contribution is -0.134. The van der Waals surface area contributed by atoms with Crippen LogP contribution in [0.1, 0.15) is 211 Å². The highest BCUT2D eigenvalue weighted by molar-refractivity contribution is 9.09.